The van der Waals surface area contributed by atoms with Crippen LogP contribution in [0.25, 0.3) is 0 Å². The lowest BCUT2D eigenvalue weighted by Crippen LogP contribution is -2.30. The van der Waals surface area contributed by atoms with Gasteiger partial charge in [0.2, 0.25) is 5.91 Å². The summed E-state index contributed by atoms with van der Waals surface area (Å²) in [6.07, 6.45) is 0.325. The Bertz CT molecular complexity index is 676. The lowest BCUT2D eigenvalue weighted by atomic mass is 10.1. The minimum Gasteiger partial charge on any atom is -0.469 e. The summed E-state index contributed by atoms with van der Waals surface area (Å²) in [5.41, 5.74) is 0. The molecule has 1 N–H and O–H groups in total. The maximum atomic E-state index is 13.5. The van der Waals surface area contributed by atoms with Gasteiger partial charge >= 0.3 is 5.97 Å². The number of methoxy groups -OCH3 is 1. The summed E-state index contributed by atoms with van der Waals surface area (Å²) >= 11 is 2.76. The number of hydrogen-bond donors (Lipinski definition) is 1. The molecule has 1 unspecified atom stereocenters. The van der Waals surface area contributed by atoms with Gasteiger partial charge in [0, 0.05) is 21.9 Å². The van der Waals surface area contributed by atoms with Crippen molar-refractivity contribution in [2.24, 2.45) is 0 Å². The average Bonchev–Trinajstić information content (AvgIpc) is 3.10. The Hall–Kier alpha value is -1.86. The molecule has 1 heterocycles. The Balaban J connectivity index is 1.86. The van der Waals surface area contributed by atoms with Gasteiger partial charge in [0.05, 0.1) is 19.6 Å². The first-order chi connectivity index (χ1) is 11.6. The molecule has 7 heteroatoms. The molecule has 0 bridgehead atoms. The van der Waals surface area contributed by atoms with E-state index in [1.165, 1.54) is 36.3 Å². The van der Waals surface area contributed by atoms with E-state index in [2.05, 4.69) is 10.1 Å². The monoisotopic (exact) mass is 367 g/mol. The first-order valence-electron chi connectivity index (χ1n) is 7.37. The number of nitrogens with one attached hydrogen (secondary N) is 1. The third-order valence-electron chi connectivity index (χ3n) is 3.24. The fourth-order valence-electron chi connectivity index (χ4n) is 2.04. The topological polar surface area (TPSA) is 55.4 Å². The Kier molecular flexibility index (Phi) is 7.27. The molecule has 1 amide bonds. The Morgan fingerprint density at radius 1 is 1.29 bits per heavy atom. The summed E-state index contributed by atoms with van der Waals surface area (Å²) in [5, 5.41) is 4.74. The molecule has 0 aliphatic rings. The number of carbonyl (C=O) groups is 2. The van der Waals surface area contributed by atoms with E-state index in [1.54, 1.807) is 18.2 Å². The van der Waals surface area contributed by atoms with Gasteiger partial charge in [0.15, 0.2) is 0 Å². The maximum absolute atomic E-state index is 13.5. The van der Waals surface area contributed by atoms with Crippen LogP contribution in [0.1, 0.15) is 23.8 Å². The number of esters is 1. The highest BCUT2D eigenvalue weighted by Crippen LogP contribution is 2.24. The third-order valence-corrected chi connectivity index (χ3v) is 5.28. The molecular weight excluding hydrogens is 349 g/mol. The van der Waals surface area contributed by atoms with Crippen LogP contribution in [-0.4, -0.2) is 24.7 Å². The minimum atomic E-state index is -0.400. The van der Waals surface area contributed by atoms with Crippen molar-refractivity contribution >= 4 is 35.0 Å². The van der Waals surface area contributed by atoms with E-state index >= 15 is 0 Å². The van der Waals surface area contributed by atoms with E-state index in [4.69, 9.17) is 0 Å². The smallest absolute Gasteiger partial charge is 0.307 e. The summed E-state index contributed by atoms with van der Waals surface area (Å²) in [4.78, 5) is 25.1. The molecule has 4 nitrogen and oxygen atoms in total. The highest BCUT2D eigenvalue weighted by atomic mass is 32.2. The average molecular weight is 367 g/mol. The molecule has 0 spiro atoms. The lowest BCUT2D eigenvalue weighted by Gasteiger charge is -2.16. The normalized spacial score (nSPS) is 11.8. The van der Waals surface area contributed by atoms with Crippen LogP contribution in [0.4, 0.5) is 4.39 Å². The van der Waals surface area contributed by atoms with Gasteiger partial charge in [0.25, 0.3) is 0 Å². The zero-order valence-electron chi connectivity index (χ0n) is 13.2. The number of hydrogen-bond acceptors (Lipinski definition) is 5. The molecule has 0 radical (unpaired) electrons. The molecular formula is C17H18FNO3S2. The molecule has 24 heavy (non-hydrogen) atoms. The summed E-state index contributed by atoms with van der Waals surface area (Å²) < 4.78 is 18.2. The summed E-state index contributed by atoms with van der Waals surface area (Å²) in [7, 11) is 1.32. The maximum Gasteiger partial charge on any atom is 0.307 e. The number of rotatable bonds is 8. The van der Waals surface area contributed by atoms with Gasteiger partial charge in [-0.3, -0.25) is 9.59 Å². The van der Waals surface area contributed by atoms with Crippen LogP contribution >= 0.6 is 23.1 Å². The first-order valence-corrected chi connectivity index (χ1v) is 9.23. The Morgan fingerprint density at radius 2 is 2.08 bits per heavy atom. The van der Waals surface area contributed by atoms with Crippen molar-refractivity contribution in [3.8, 4) is 0 Å². The number of carbonyl (C=O) groups excluding carboxylic acids is 2. The summed E-state index contributed by atoms with van der Waals surface area (Å²) in [6, 6.07) is 9.80. The van der Waals surface area contributed by atoms with Crippen molar-refractivity contribution < 1.29 is 18.7 Å². The van der Waals surface area contributed by atoms with Crippen molar-refractivity contribution in [1.29, 1.82) is 0 Å². The molecule has 1 atom stereocenters. The van der Waals surface area contributed by atoms with Gasteiger partial charge in [-0.2, -0.15) is 0 Å². The summed E-state index contributed by atoms with van der Waals surface area (Å²) in [6.45, 7) is 0. The minimum absolute atomic E-state index is 0.0865. The van der Waals surface area contributed by atoms with E-state index in [1.807, 2.05) is 17.5 Å². The second-order valence-electron chi connectivity index (χ2n) is 4.94. The van der Waals surface area contributed by atoms with E-state index in [0.29, 0.717) is 10.6 Å². The van der Waals surface area contributed by atoms with Crippen molar-refractivity contribution in [1.82, 2.24) is 5.32 Å². The Morgan fingerprint density at radius 3 is 2.75 bits per heavy atom. The first kappa shape index (κ1) is 18.5. The number of ether oxygens (including phenoxy) is 1. The molecule has 1 aromatic carbocycles. The van der Waals surface area contributed by atoms with Crippen LogP contribution in [0.2, 0.25) is 0 Å². The second kappa shape index (κ2) is 9.44. The largest absolute Gasteiger partial charge is 0.469 e. The van der Waals surface area contributed by atoms with Crippen molar-refractivity contribution in [3.05, 3.63) is 52.5 Å². The molecule has 0 aliphatic heterocycles. The van der Waals surface area contributed by atoms with Gasteiger partial charge in [-0.05, 0) is 23.6 Å². The molecule has 128 valence electrons. The van der Waals surface area contributed by atoms with Crippen LogP contribution in [0, 0.1) is 5.82 Å². The van der Waals surface area contributed by atoms with Crippen molar-refractivity contribution in [2.45, 2.75) is 23.8 Å². The number of benzene rings is 1. The van der Waals surface area contributed by atoms with Crippen LogP contribution in [0.15, 0.2) is 46.7 Å². The van der Waals surface area contributed by atoms with Crippen molar-refractivity contribution in [2.75, 3.05) is 12.9 Å². The molecule has 2 aromatic rings. The fourth-order valence-corrected chi connectivity index (χ4v) is 3.71. The van der Waals surface area contributed by atoms with E-state index < -0.39 is 6.04 Å². The third kappa shape index (κ3) is 5.65. The molecule has 0 saturated carbocycles. The van der Waals surface area contributed by atoms with E-state index in [0.717, 1.165) is 4.88 Å². The molecule has 2 rings (SSSR count). The van der Waals surface area contributed by atoms with Gasteiger partial charge in [-0.1, -0.05) is 18.2 Å². The van der Waals surface area contributed by atoms with Crippen molar-refractivity contribution in [3.63, 3.8) is 0 Å². The number of thioether (sulfide) groups is 1. The van der Waals surface area contributed by atoms with Crippen LogP contribution < -0.4 is 5.32 Å². The van der Waals surface area contributed by atoms with Crippen LogP contribution in [-0.2, 0) is 14.3 Å². The van der Waals surface area contributed by atoms with Crippen LogP contribution in [0.5, 0.6) is 0 Å². The van der Waals surface area contributed by atoms with E-state index in [-0.39, 0.29) is 30.5 Å². The van der Waals surface area contributed by atoms with Gasteiger partial charge < -0.3 is 10.1 Å². The zero-order valence-corrected chi connectivity index (χ0v) is 14.8. The van der Waals surface area contributed by atoms with Gasteiger partial charge in [-0.15, -0.1) is 23.1 Å². The lowest BCUT2D eigenvalue weighted by molar-refractivity contribution is -0.141. The predicted molar refractivity (Wildman–Crippen MR) is 93.6 cm³/mol. The van der Waals surface area contributed by atoms with Gasteiger partial charge in [0.1, 0.15) is 5.82 Å². The second-order valence-corrected chi connectivity index (χ2v) is 7.06. The van der Waals surface area contributed by atoms with Gasteiger partial charge in [-0.25, -0.2) is 4.39 Å². The molecule has 0 aliphatic carbocycles. The highest BCUT2D eigenvalue weighted by molar-refractivity contribution is 7.99. The molecule has 0 fully saturated rings. The van der Waals surface area contributed by atoms with E-state index in [9.17, 15) is 14.0 Å². The number of thiophene rings is 1. The quantitative estimate of drug-likeness (QED) is 0.570. The number of halogens is 1. The predicted octanol–water partition coefficient (Wildman–Crippen LogP) is 3.79. The fraction of sp³-hybridized carbons (Fsp3) is 0.294. The zero-order chi connectivity index (χ0) is 17.4. The highest BCUT2D eigenvalue weighted by Gasteiger charge is 2.19. The molecule has 1 aromatic heterocycles. The van der Waals surface area contributed by atoms with Crippen LogP contribution in [0.3, 0.4) is 0 Å². The standard InChI is InChI=1S/C17H18FNO3S2/c1-22-17(21)11-13(15-7-4-9-23-15)19-16(20)8-10-24-14-6-3-2-5-12(14)18/h2-7,9,13H,8,10-11H2,1H3,(H,19,20). The Labute approximate surface area is 148 Å². The SMILES string of the molecule is COC(=O)CC(NC(=O)CCSc1ccccc1F)c1cccs1. The molecule has 0 saturated heterocycles. The number of amides is 1. The summed E-state index contributed by atoms with van der Waals surface area (Å²) in [5.74, 6) is -0.386.